The molecule has 0 aliphatic heterocycles. The molecule has 0 aliphatic carbocycles. The highest BCUT2D eigenvalue weighted by molar-refractivity contribution is 5.78. The second-order valence-corrected chi connectivity index (χ2v) is 3.84. The van der Waals surface area contributed by atoms with Crippen molar-refractivity contribution in [3.8, 4) is 0 Å². The lowest BCUT2D eigenvalue weighted by molar-refractivity contribution is -0.125. The standard InChI is InChI=1S/C9H20N2O3/c1-9(2,14-3)4-5-11-6-7(12)8(10)13/h7,11-12H,4-6H2,1-3H3,(H2,10,13). The summed E-state index contributed by atoms with van der Waals surface area (Å²) in [5, 5.41) is 12.0. The van der Waals surface area contributed by atoms with E-state index in [-0.39, 0.29) is 12.1 Å². The molecular formula is C9H20N2O3. The predicted octanol–water partition coefficient (Wildman–Crippen LogP) is -0.763. The van der Waals surface area contributed by atoms with Gasteiger partial charge in [0.05, 0.1) is 5.60 Å². The number of carbonyl (C=O) groups is 1. The molecule has 0 saturated carbocycles. The van der Waals surface area contributed by atoms with Crippen molar-refractivity contribution in [1.29, 1.82) is 0 Å². The lowest BCUT2D eigenvalue weighted by Gasteiger charge is -2.23. The first-order chi connectivity index (χ1) is 6.39. The largest absolute Gasteiger partial charge is 0.382 e. The minimum absolute atomic E-state index is 0.190. The molecule has 0 heterocycles. The van der Waals surface area contributed by atoms with Crippen molar-refractivity contribution in [2.24, 2.45) is 5.73 Å². The van der Waals surface area contributed by atoms with Crippen molar-refractivity contribution in [3.05, 3.63) is 0 Å². The molecule has 1 amide bonds. The Hall–Kier alpha value is -0.650. The first-order valence-corrected chi connectivity index (χ1v) is 4.62. The highest BCUT2D eigenvalue weighted by Crippen LogP contribution is 2.11. The van der Waals surface area contributed by atoms with Gasteiger partial charge in [-0.15, -0.1) is 0 Å². The van der Waals surface area contributed by atoms with E-state index >= 15 is 0 Å². The molecule has 14 heavy (non-hydrogen) atoms. The molecule has 5 nitrogen and oxygen atoms in total. The third kappa shape index (κ3) is 5.90. The molecule has 0 rings (SSSR count). The minimum Gasteiger partial charge on any atom is -0.382 e. The van der Waals surface area contributed by atoms with Crippen LogP contribution in [-0.2, 0) is 9.53 Å². The quantitative estimate of drug-likeness (QED) is 0.476. The SMILES string of the molecule is COC(C)(C)CCNCC(O)C(N)=O. The molecule has 0 radical (unpaired) electrons. The van der Waals surface area contributed by atoms with Gasteiger partial charge in [0.1, 0.15) is 6.10 Å². The lowest BCUT2D eigenvalue weighted by atomic mass is 10.1. The number of methoxy groups -OCH3 is 1. The van der Waals surface area contributed by atoms with Crippen molar-refractivity contribution >= 4 is 5.91 Å². The average Bonchev–Trinajstić information content (AvgIpc) is 2.12. The van der Waals surface area contributed by atoms with Crippen LogP contribution >= 0.6 is 0 Å². The topological polar surface area (TPSA) is 84.6 Å². The number of primary amides is 1. The first-order valence-electron chi connectivity index (χ1n) is 4.62. The molecule has 84 valence electrons. The van der Waals surface area contributed by atoms with Crippen LogP contribution in [0.4, 0.5) is 0 Å². The maximum atomic E-state index is 10.5. The van der Waals surface area contributed by atoms with Gasteiger partial charge in [-0.2, -0.15) is 0 Å². The van der Waals surface area contributed by atoms with Gasteiger partial charge < -0.3 is 20.9 Å². The molecule has 1 atom stereocenters. The van der Waals surface area contributed by atoms with E-state index in [0.29, 0.717) is 6.54 Å². The maximum Gasteiger partial charge on any atom is 0.247 e. The number of aliphatic hydroxyl groups is 1. The number of aliphatic hydroxyl groups excluding tert-OH is 1. The molecule has 0 aromatic heterocycles. The Morgan fingerprint density at radius 1 is 1.64 bits per heavy atom. The average molecular weight is 204 g/mol. The number of nitrogens with one attached hydrogen (secondary N) is 1. The zero-order valence-electron chi connectivity index (χ0n) is 9.04. The second-order valence-electron chi connectivity index (χ2n) is 3.84. The Bertz CT molecular complexity index is 183. The van der Waals surface area contributed by atoms with E-state index in [1.165, 1.54) is 0 Å². The third-order valence-electron chi connectivity index (χ3n) is 2.12. The molecule has 0 fully saturated rings. The number of ether oxygens (including phenoxy) is 1. The number of amides is 1. The van der Waals surface area contributed by atoms with E-state index in [2.05, 4.69) is 5.32 Å². The van der Waals surface area contributed by atoms with Crippen molar-refractivity contribution < 1.29 is 14.6 Å². The van der Waals surface area contributed by atoms with Gasteiger partial charge in [-0.3, -0.25) is 4.79 Å². The minimum atomic E-state index is -1.11. The van der Waals surface area contributed by atoms with Gasteiger partial charge in [-0.1, -0.05) is 0 Å². The second kappa shape index (κ2) is 5.95. The summed E-state index contributed by atoms with van der Waals surface area (Å²) in [6.07, 6.45) is -0.310. The van der Waals surface area contributed by atoms with Crippen LogP contribution in [-0.4, -0.2) is 42.9 Å². The molecule has 5 heteroatoms. The zero-order valence-corrected chi connectivity index (χ0v) is 9.04. The van der Waals surface area contributed by atoms with Gasteiger partial charge in [0, 0.05) is 13.7 Å². The Balaban J connectivity index is 3.52. The summed E-state index contributed by atoms with van der Waals surface area (Å²) < 4.78 is 5.20. The van der Waals surface area contributed by atoms with Gasteiger partial charge in [0.25, 0.3) is 0 Å². The van der Waals surface area contributed by atoms with Crippen LogP contribution < -0.4 is 11.1 Å². The molecular weight excluding hydrogens is 184 g/mol. The number of carbonyl (C=O) groups excluding carboxylic acids is 1. The summed E-state index contributed by atoms with van der Waals surface area (Å²) in [5.41, 5.74) is 4.69. The summed E-state index contributed by atoms with van der Waals surface area (Å²) in [7, 11) is 1.65. The van der Waals surface area contributed by atoms with Crippen molar-refractivity contribution in [2.75, 3.05) is 20.2 Å². The van der Waals surface area contributed by atoms with E-state index in [4.69, 9.17) is 15.6 Å². The smallest absolute Gasteiger partial charge is 0.247 e. The fraction of sp³-hybridized carbons (Fsp3) is 0.889. The Morgan fingerprint density at radius 3 is 2.64 bits per heavy atom. The highest BCUT2D eigenvalue weighted by Gasteiger charge is 2.16. The summed E-state index contributed by atoms with van der Waals surface area (Å²) in [5.74, 6) is -0.705. The van der Waals surface area contributed by atoms with Crippen molar-refractivity contribution in [2.45, 2.75) is 32.0 Å². The molecule has 0 bridgehead atoms. The Kier molecular flexibility index (Phi) is 5.68. The van der Waals surface area contributed by atoms with Crippen molar-refractivity contribution in [1.82, 2.24) is 5.32 Å². The van der Waals surface area contributed by atoms with Gasteiger partial charge in [0.15, 0.2) is 0 Å². The van der Waals surface area contributed by atoms with Crippen LogP contribution in [0.2, 0.25) is 0 Å². The maximum absolute atomic E-state index is 10.5. The molecule has 4 N–H and O–H groups in total. The molecule has 1 unspecified atom stereocenters. The summed E-state index contributed by atoms with van der Waals surface area (Å²) in [6, 6.07) is 0. The van der Waals surface area contributed by atoms with Gasteiger partial charge in [0.2, 0.25) is 5.91 Å². The van der Waals surface area contributed by atoms with Crippen LogP contribution in [0, 0.1) is 0 Å². The van der Waals surface area contributed by atoms with E-state index in [0.717, 1.165) is 6.42 Å². The Morgan fingerprint density at radius 2 is 2.21 bits per heavy atom. The van der Waals surface area contributed by atoms with Crippen molar-refractivity contribution in [3.63, 3.8) is 0 Å². The fourth-order valence-corrected chi connectivity index (χ4v) is 0.831. The van der Waals surface area contributed by atoms with E-state index in [1.54, 1.807) is 7.11 Å². The first kappa shape index (κ1) is 13.4. The number of nitrogens with two attached hydrogens (primary N) is 1. The molecule has 0 aromatic carbocycles. The highest BCUT2D eigenvalue weighted by atomic mass is 16.5. The zero-order chi connectivity index (χ0) is 11.2. The predicted molar refractivity (Wildman–Crippen MR) is 53.8 cm³/mol. The summed E-state index contributed by atoms with van der Waals surface area (Å²) in [4.78, 5) is 10.5. The van der Waals surface area contributed by atoms with Crippen LogP contribution in [0.25, 0.3) is 0 Å². The van der Waals surface area contributed by atoms with Crippen LogP contribution in [0.5, 0.6) is 0 Å². The molecule has 0 saturated heterocycles. The van der Waals surface area contributed by atoms with E-state index in [1.807, 2.05) is 13.8 Å². The molecule has 0 spiro atoms. The van der Waals surface area contributed by atoms with E-state index in [9.17, 15) is 4.79 Å². The lowest BCUT2D eigenvalue weighted by Crippen LogP contribution is -2.39. The number of rotatable bonds is 7. The monoisotopic (exact) mass is 204 g/mol. The Labute approximate surface area is 84.6 Å². The van der Waals surface area contributed by atoms with Gasteiger partial charge in [-0.05, 0) is 26.8 Å². The van der Waals surface area contributed by atoms with Gasteiger partial charge in [-0.25, -0.2) is 0 Å². The third-order valence-corrected chi connectivity index (χ3v) is 2.12. The van der Waals surface area contributed by atoms with Gasteiger partial charge >= 0.3 is 0 Å². The van der Waals surface area contributed by atoms with Crippen LogP contribution in [0.3, 0.4) is 0 Å². The summed E-state index contributed by atoms with van der Waals surface area (Å²) >= 11 is 0. The van der Waals surface area contributed by atoms with Crippen LogP contribution in [0.1, 0.15) is 20.3 Å². The normalized spacial score (nSPS) is 14.0. The molecule has 0 aliphatic rings. The number of hydrogen-bond donors (Lipinski definition) is 3. The summed E-state index contributed by atoms with van der Waals surface area (Å²) in [6.45, 7) is 4.80. The van der Waals surface area contributed by atoms with E-state index < -0.39 is 12.0 Å². The fourth-order valence-electron chi connectivity index (χ4n) is 0.831. The molecule has 0 aromatic rings. The number of hydrogen-bond acceptors (Lipinski definition) is 4. The van der Waals surface area contributed by atoms with Crippen LogP contribution in [0.15, 0.2) is 0 Å².